The number of halogens is 4. The fourth-order valence-electron chi connectivity index (χ4n) is 3.50. The zero-order valence-electron chi connectivity index (χ0n) is 14.9. The molecule has 0 spiro atoms. The fraction of sp³-hybridized carbons (Fsp3) is 0.211. The minimum absolute atomic E-state index is 0.00417. The predicted octanol–water partition coefficient (Wildman–Crippen LogP) is 4.05. The Morgan fingerprint density at radius 1 is 1.23 bits per heavy atom. The number of nitrogens with zero attached hydrogens (tertiary/aromatic N) is 1. The molecule has 0 aliphatic carbocycles. The van der Waals surface area contributed by atoms with E-state index in [1.54, 1.807) is 24.3 Å². The van der Waals surface area contributed by atoms with Crippen LogP contribution in [0.1, 0.15) is 21.3 Å². The summed E-state index contributed by atoms with van der Waals surface area (Å²) in [5.74, 6) is -3.14. The molecule has 1 aliphatic rings. The lowest BCUT2D eigenvalue weighted by molar-refractivity contribution is -0.287. The number of aromatic nitrogens is 1. The summed E-state index contributed by atoms with van der Waals surface area (Å²) in [5, 5.41) is 16.2. The first kappa shape index (κ1) is 20.6. The Labute approximate surface area is 176 Å². The molecule has 30 heavy (non-hydrogen) atoms. The maximum Gasteiger partial charge on any atom is 0.437 e. The fourth-order valence-corrected chi connectivity index (χ4v) is 4.46. The highest BCUT2D eigenvalue weighted by Crippen LogP contribution is 2.45. The van der Waals surface area contributed by atoms with E-state index >= 15 is 0 Å². The van der Waals surface area contributed by atoms with E-state index in [9.17, 15) is 27.9 Å². The molecule has 2 aromatic heterocycles. The molecule has 6 nitrogen and oxygen atoms in total. The van der Waals surface area contributed by atoms with Gasteiger partial charge in [-0.1, -0.05) is 35.9 Å². The monoisotopic (exact) mass is 455 g/mol. The predicted molar refractivity (Wildman–Crippen MR) is 104 cm³/mol. The van der Waals surface area contributed by atoms with Crippen molar-refractivity contribution in [3.63, 3.8) is 0 Å². The number of ketones is 1. The van der Waals surface area contributed by atoms with Crippen LogP contribution in [0, 0.1) is 5.92 Å². The molecule has 4 rings (SSSR count). The molecular formula is C19H13ClF3N3O3S. The quantitative estimate of drug-likeness (QED) is 0.410. The van der Waals surface area contributed by atoms with Crippen molar-refractivity contribution in [3.8, 4) is 0 Å². The van der Waals surface area contributed by atoms with Gasteiger partial charge in [-0.15, -0.1) is 11.3 Å². The van der Waals surface area contributed by atoms with Gasteiger partial charge < -0.3 is 15.7 Å². The summed E-state index contributed by atoms with van der Waals surface area (Å²) in [6.07, 6.45) is -5.34. The number of rotatable bonds is 3. The third-order valence-corrected chi connectivity index (χ3v) is 6.08. The highest BCUT2D eigenvalue weighted by molar-refractivity contribution is 7.12. The standard InChI is InChI=1S/C19H13ClF3N3O3S/c20-16-10(8-9-4-1-2-5-11(9)24-16)14-13(15(27)12-6-3-7-30-12)18(29,19(21,22)23)26-17(28)25-14/h1-8,13-14,29H,(H2,25,26,28)/t13-,14-,18-/m1/s1. The third-order valence-electron chi connectivity index (χ3n) is 4.89. The van der Waals surface area contributed by atoms with Crippen LogP contribution in [0.3, 0.4) is 0 Å². The van der Waals surface area contributed by atoms with Crippen LogP contribution in [0.25, 0.3) is 10.9 Å². The topological polar surface area (TPSA) is 91.3 Å². The van der Waals surface area contributed by atoms with Crippen LogP contribution in [-0.4, -0.2) is 33.8 Å². The summed E-state index contributed by atoms with van der Waals surface area (Å²) in [6, 6.07) is 8.15. The number of hydrogen-bond donors (Lipinski definition) is 3. The largest absolute Gasteiger partial charge is 0.437 e. The number of carbonyl (C=O) groups excluding carboxylic acids is 2. The van der Waals surface area contributed by atoms with E-state index < -0.39 is 35.7 Å². The average Bonchev–Trinajstić information content (AvgIpc) is 3.20. The van der Waals surface area contributed by atoms with E-state index in [1.165, 1.54) is 28.9 Å². The number of nitrogens with one attached hydrogen (secondary N) is 2. The number of fused-ring (bicyclic) bond motifs is 1. The number of thiophene rings is 1. The number of amides is 2. The maximum atomic E-state index is 13.9. The van der Waals surface area contributed by atoms with E-state index in [-0.39, 0.29) is 15.6 Å². The molecule has 2 amide bonds. The first-order chi connectivity index (χ1) is 14.1. The van der Waals surface area contributed by atoms with Gasteiger partial charge in [0.05, 0.1) is 16.4 Å². The maximum absolute atomic E-state index is 13.9. The van der Waals surface area contributed by atoms with E-state index in [4.69, 9.17) is 11.6 Å². The minimum atomic E-state index is -5.34. The lowest BCUT2D eigenvalue weighted by Crippen LogP contribution is -2.72. The number of urea groups is 1. The van der Waals surface area contributed by atoms with Crippen LogP contribution in [0.4, 0.5) is 18.0 Å². The SMILES string of the molecule is O=C1N[C@H](c2cc3ccccc3nc2Cl)[C@H](C(=O)c2cccs2)[C@@](O)(C(F)(F)F)N1. The van der Waals surface area contributed by atoms with Crippen molar-refractivity contribution in [2.24, 2.45) is 5.92 Å². The molecule has 3 N–H and O–H groups in total. The van der Waals surface area contributed by atoms with Gasteiger partial charge in [0, 0.05) is 10.9 Å². The van der Waals surface area contributed by atoms with Gasteiger partial charge in [-0.3, -0.25) is 4.79 Å². The average molecular weight is 456 g/mol. The first-order valence-corrected chi connectivity index (χ1v) is 9.88. The Hall–Kier alpha value is -2.69. The Morgan fingerprint density at radius 3 is 2.63 bits per heavy atom. The number of hydrogen-bond acceptors (Lipinski definition) is 5. The van der Waals surface area contributed by atoms with Gasteiger partial charge in [0.25, 0.3) is 0 Å². The van der Waals surface area contributed by atoms with Crippen molar-refractivity contribution in [1.29, 1.82) is 0 Å². The second-order valence-corrected chi connectivity index (χ2v) is 8.03. The second kappa shape index (κ2) is 7.22. The van der Waals surface area contributed by atoms with Crippen molar-refractivity contribution in [2.75, 3.05) is 0 Å². The van der Waals surface area contributed by atoms with E-state index in [2.05, 4.69) is 10.3 Å². The highest BCUT2D eigenvalue weighted by atomic mass is 35.5. The van der Waals surface area contributed by atoms with Gasteiger partial charge in [0.1, 0.15) is 11.1 Å². The van der Waals surface area contributed by atoms with Crippen LogP contribution < -0.4 is 10.6 Å². The van der Waals surface area contributed by atoms with Gasteiger partial charge in [-0.2, -0.15) is 13.2 Å². The lowest BCUT2D eigenvalue weighted by atomic mass is 9.79. The van der Waals surface area contributed by atoms with Crippen molar-refractivity contribution in [3.05, 3.63) is 63.4 Å². The molecule has 3 aromatic rings. The summed E-state index contributed by atoms with van der Waals surface area (Å²) >= 11 is 7.16. The van der Waals surface area contributed by atoms with Crippen molar-refractivity contribution in [1.82, 2.24) is 15.6 Å². The summed E-state index contributed by atoms with van der Waals surface area (Å²) in [4.78, 5) is 29.3. The number of carbonyl (C=O) groups is 2. The Kier molecular flexibility index (Phi) is 4.95. The van der Waals surface area contributed by atoms with E-state index in [0.29, 0.717) is 10.9 Å². The number of Topliss-reactive ketones (excluding diaryl/α,β-unsaturated/α-hetero) is 1. The van der Waals surface area contributed by atoms with Crippen molar-refractivity contribution < 1.29 is 27.9 Å². The van der Waals surface area contributed by atoms with Gasteiger partial charge in [-0.05, 0) is 23.6 Å². The summed E-state index contributed by atoms with van der Waals surface area (Å²) in [5.41, 5.74) is -3.34. The van der Waals surface area contributed by atoms with E-state index in [0.717, 1.165) is 11.3 Å². The van der Waals surface area contributed by atoms with Crippen molar-refractivity contribution >= 4 is 45.7 Å². The number of alkyl halides is 3. The molecule has 0 radical (unpaired) electrons. The second-order valence-electron chi connectivity index (χ2n) is 6.72. The Morgan fingerprint density at radius 2 is 1.97 bits per heavy atom. The molecule has 0 unspecified atom stereocenters. The smallest absolute Gasteiger partial charge is 0.363 e. The molecular weight excluding hydrogens is 443 g/mol. The summed E-state index contributed by atoms with van der Waals surface area (Å²) in [6.45, 7) is 0. The molecule has 11 heteroatoms. The molecule has 1 saturated heterocycles. The number of aliphatic hydroxyl groups is 1. The molecule has 1 fully saturated rings. The van der Waals surface area contributed by atoms with Crippen LogP contribution in [0.15, 0.2) is 47.8 Å². The van der Waals surface area contributed by atoms with Crippen LogP contribution in [-0.2, 0) is 0 Å². The molecule has 156 valence electrons. The zero-order valence-corrected chi connectivity index (χ0v) is 16.5. The summed E-state index contributed by atoms with van der Waals surface area (Å²) in [7, 11) is 0. The van der Waals surface area contributed by atoms with Gasteiger partial charge in [-0.25, -0.2) is 9.78 Å². The highest BCUT2D eigenvalue weighted by Gasteiger charge is 2.66. The van der Waals surface area contributed by atoms with Crippen LogP contribution in [0.5, 0.6) is 0 Å². The van der Waals surface area contributed by atoms with Gasteiger partial charge >= 0.3 is 12.2 Å². The number of benzene rings is 1. The lowest BCUT2D eigenvalue weighted by Gasteiger charge is -2.44. The normalized spacial score (nSPS) is 24.4. The Balaban J connectivity index is 1.92. The minimum Gasteiger partial charge on any atom is -0.363 e. The molecule has 1 aliphatic heterocycles. The first-order valence-electron chi connectivity index (χ1n) is 8.62. The van der Waals surface area contributed by atoms with E-state index in [1.807, 2.05) is 0 Å². The summed E-state index contributed by atoms with van der Waals surface area (Å²) < 4.78 is 41.7. The van der Waals surface area contributed by atoms with Crippen LogP contribution >= 0.6 is 22.9 Å². The van der Waals surface area contributed by atoms with Crippen LogP contribution in [0.2, 0.25) is 5.15 Å². The molecule has 3 heterocycles. The molecule has 3 atom stereocenters. The molecule has 1 aromatic carbocycles. The zero-order chi connectivity index (χ0) is 21.7. The van der Waals surface area contributed by atoms with Gasteiger partial charge in [0.2, 0.25) is 5.72 Å². The van der Waals surface area contributed by atoms with Gasteiger partial charge in [0.15, 0.2) is 5.78 Å². The number of pyridine rings is 1. The van der Waals surface area contributed by atoms with Crippen molar-refractivity contribution in [2.45, 2.75) is 17.9 Å². The Bertz CT molecular complexity index is 1140. The molecule has 0 bridgehead atoms. The number of para-hydroxylation sites is 1. The molecule has 0 saturated carbocycles. The third kappa shape index (κ3) is 3.30.